The molecule has 0 aromatic heterocycles. The van der Waals surface area contributed by atoms with Crippen LogP contribution in [0.15, 0.2) is 30.3 Å². The third-order valence-electron chi connectivity index (χ3n) is 4.95. The normalized spacial score (nSPS) is 23.4. The van der Waals surface area contributed by atoms with E-state index in [0.29, 0.717) is 6.42 Å². The van der Waals surface area contributed by atoms with Gasteiger partial charge in [0.25, 0.3) is 0 Å². The summed E-state index contributed by atoms with van der Waals surface area (Å²) in [6.07, 6.45) is -1.42. The summed E-state index contributed by atoms with van der Waals surface area (Å²) in [6, 6.07) is 8.75. The zero-order valence-corrected chi connectivity index (χ0v) is 16.7. The summed E-state index contributed by atoms with van der Waals surface area (Å²) >= 11 is 5.45. The van der Waals surface area contributed by atoms with E-state index in [1.54, 1.807) is 19.1 Å². The molecule has 8 nitrogen and oxygen atoms in total. The minimum Gasteiger partial charge on any atom is -0.449 e. The molecule has 9 heteroatoms. The van der Waals surface area contributed by atoms with Gasteiger partial charge in [-0.2, -0.15) is 4.89 Å². The number of hydrogen-bond acceptors (Lipinski definition) is 7. The molecule has 1 aromatic carbocycles. The van der Waals surface area contributed by atoms with Crippen LogP contribution in [-0.4, -0.2) is 35.7 Å². The Morgan fingerprint density at radius 1 is 1.25 bits per heavy atom. The highest BCUT2D eigenvalue weighted by Crippen LogP contribution is 2.37. The van der Waals surface area contributed by atoms with E-state index in [1.165, 1.54) is 6.92 Å². The van der Waals surface area contributed by atoms with Crippen molar-refractivity contribution in [3.05, 3.63) is 35.9 Å². The number of amides is 1. The number of carbonyl (C=O) groups excluding carboxylic acids is 3. The van der Waals surface area contributed by atoms with Gasteiger partial charge in [-0.3, -0.25) is 9.68 Å². The minimum atomic E-state index is -1.60. The van der Waals surface area contributed by atoms with E-state index in [1.807, 2.05) is 25.1 Å². The van der Waals surface area contributed by atoms with Crippen molar-refractivity contribution in [1.29, 1.82) is 0 Å². The number of hydrogen-bond donors (Lipinski definition) is 1. The first kappa shape index (κ1) is 22.0. The van der Waals surface area contributed by atoms with Crippen LogP contribution in [0.3, 0.4) is 0 Å². The number of halogens is 1. The second-order valence-electron chi connectivity index (χ2n) is 6.61. The zero-order chi connectivity index (χ0) is 20.7. The molecule has 2 rings (SSSR count). The molecule has 4 atom stereocenters. The topological polar surface area (TPSA) is 100 Å². The van der Waals surface area contributed by atoms with Gasteiger partial charge in [-0.1, -0.05) is 62.2 Å². The molecule has 1 heterocycles. The third-order valence-corrected chi connectivity index (χ3v) is 5.06. The average Bonchev–Trinajstić information content (AvgIpc) is 3.03. The number of nitrogens with one attached hydrogen (secondary N) is 1. The van der Waals surface area contributed by atoms with E-state index in [0.717, 1.165) is 5.56 Å². The molecule has 1 aliphatic heterocycles. The largest absolute Gasteiger partial charge is 0.449 e. The van der Waals surface area contributed by atoms with E-state index in [2.05, 4.69) is 5.32 Å². The first-order chi connectivity index (χ1) is 13.4. The van der Waals surface area contributed by atoms with Gasteiger partial charge in [0, 0.05) is 0 Å². The lowest BCUT2D eigenvalue weighted by molar-refractivity contribution is -0.270. The molecule has 28 heavy (non-hydrogen) atoms. The van der Waals surface area contributed by atoms with Crippen molar-refractivity contribution < 1.29 is 33.6 Å². The second kappa shape index (κ2) is 9.75. The van der Waals surface area contributed by atoms with Gasteiger partial charge in [-0.15, -0.1) is 0 Å². The summed E-state index contributed by atoms with van der Waals surface area (Å²) in [7, 11) is 0. The molecule has 0 spiro atoms. The Balaban J connectivity index is 2.21. The third kappa shape index (κ3) is 4.56. The molecule has 3 unspecified atom stereocenters. The zero-order valence-electron chi connectivity index (χ0n) is 16.0. The maximum Gasteiger partial charge on any atom is 0.408 e. The fraction of sp³-hybridized carbons (Fsp3) is 0.526. The number of carbonyl (C=O) groups is 3. The van der Waals surface area contributed by atoms with Crippen molar-refractivity contribution in [2.24, 2.45) is 11.8 Å². The molecule has 0 saturated carbocycles. The van der Waals surface area contributed by atoms with Gasteiger partial charge < -0.3 is 14.8 Å². The van der Waals surface area contributed by atoms with Crippen LogP contribution in [0.4, 0.5) is 4.79 Å². The summed E-state index contributed by atoms with van der Waals surface area (Å²) in [4.78, 5) is 47.1. The Morgan fingerprint density at radius 3 is 2.54 bits per heavy atom. The highest BCUT2D eigenvalue weighted by atomic mass is 35.5. The lowest BCUT2D eigenvalue weighted by Crippen LogP contribution is -2.64. The summed E-state index contributed by atoms with van der Waals surface area (Å²) in [5, 5.41) is 2.59. The molecular formula is C19H24ClNO7. The Kier molecular flexibility index (Phi) is 7.65. The van der Waals surface area contributed by atoms with E-state index in [9.17, 15) is 14.4 Å². The number of esters is 1. The summed E-state index contributed by atoms with van der Waals surface area (Å²) < 4.78 is 10.0. The Labute approximate surface area is 168 Å². The van der Waals surface area contributed by atoms with E-state index < -0.39 is 41.5 Å². The van der Waals surface area contributed by atoms with Crippen molar-refractivity contribution in [1.82, 2.24) is 5.32 Å². The maximum absolute atomic E-state index is 12.6. The quantitative estimate of drug-likeness (QED) is 0.397. The van der Waals surface area contributed by atoms with Crippen LogP contribution in [0.5, 0.6) is 0 Å². The monoisotopic (exact) mass is 413 g/mol. The molecule has 154 valence electrons. The number of benzene rings is 1. The Bertz CT molecular complexity index is 699. The summed E-state index contributed by atoms with van der Waals surface area (Å²) in [5.41, 5.74) is -0.816. The van der Waals surface area contributed by atoms with Crippen molar-refractivity contribution in [2.45, 2.75) is 45.4 Å². The molecule has 1 aromatic rings. The first-order valence-corrected chi connectivity index (χ1v) is 9.49. The molecule has 0 radical (unpaired) electrons. The smallest absolute Gasteiger partial charge is 0.408 e. The molecular weight excluding hydrogens is 390 g/mol. The molecule has 0 aliphatic carbocycles. The van der Waals surface area contributed by atoms with Crippen molar-refractivity contribution in [3.8, 4) is 0 Å². The van der Waals surface area contributed by atoms with Gasteiger partial charge in [-0.25, -0.2) is 9.59 Å². The molecule has 1 aliphatic rings. The van der Waals surface area contributed by atoms with E-state index in [4.69, 9.17) is 30.8 Å². The Hall–Kier alpha value is -2.32. The van der Waals surface area contributed by atoms with Crippen LogP contribution < -0.4 is 5.32 Å². The number of alkyl halides is 1. The molecule has 1 N–H and O–H groups in total. The number of ether oxygens (including phenoxy) is 2. The standard InChI is InChI=1S/C19H24ClNO7/c1-4-12(2)19(21-18(24)25-10-14-8-6-5-7-9-14)15(27-28-17(19)23)13(3)16(22)26-11-20/h5-9,12-13,15H,4,10-11H2,1-3H3,(H,21,24)/t12?,13?,15?,19-/m1/s1. The van der Waals surface area contributed by atoms with Gasteiger partial charge in [0.1, 0.15) is 6.61 Å². The minimum absolute atomic E-state index is 0.0215. The van der Waals surface area contributed by atoms with Gasteiger partial charge in [0.05, 0.1) is 5.92 Å². The fourth-order valence-electron chi connectivity index (χ4n) is 3.12. The molecule has 1 amide bonds. The van der Waals surface area contributed by atoms with Crippen molar-refractivity contribution in [3.63, 3.8) is 0 Å². The van der Waals surface area contributed by atoms with E-state index >= 15 is 0 Å². The predicted molar refractivity (Wildman–Crippen MR) is 98.9 cm³/mol. The van der Waals surface area contributed by atoms with Crippen molar-refractivity contribution >= 4 is 29.6 Å². The van der Waals surface area contributed by atoms with Crippen LogP contribution in [0.1, 0.15) is 32.8 Å². The fourth-order valence-corrected chi connectivity index (χ4v) is 3.23. The Morgan fingerprint density at radius 2 is 1.93 bits per heavy atom. The lowest BCUT2D eigenvalue weighted by Gasteiger charge is -2.36. The average molecular weight is 414 g/mol. The summed E-state index contributed by atoms with van der Waals surface area (Å²) in [6.45, 7) is 5.12. The highest BCUT2D eigenvalue weighted by Gasteiger charge is 2.62. The van der Waals surface area contributed by atoms with Gasteiger partial charge in [-0.05, 0) is 18.4 Å². The molecule has 1 fully saturated rings. The molecule has 1 saturated heterocycles. The van der Waals surface area contributed by atoms with Crippen LogP contribution in [0.25, 0.3) is 0 Å². The highest BCUT2D eigenvalue weighted by molar-refractivity contribution is 6.17. The van der Waals surface area contributed by atoms with Crippen LogP contribution >= 0.6 is 11.6 Å². The SMILES string of the molecule is CCC(C)[C@]1(NC(=O)OCc2ccccc2)C(=O)OOC1C(C)C(=O)OCCl. The van der Waals surface area contributed by atoms with Gasteiger partial charge >= 0.3 is 18.0 Å². The second-order valence-corrected chi connectivity index (χ2v) is 6.83. The van der Waals surface area contributed by atoms with Gasteiger partial charge in [0.15, 0.2) is 17.7 Å². The van der Waals surface area contributed by atoms with Crippen molar-refractivity contribution in [2.75, 3.05) is 6.07 Å². The lowest BCUT2D eigenvalue weighted by atomic mass is 9.75. The van der Waals surface area contributed by atoms with E-state index in [-0.39, 0.29) is 12.7 Å². The number of rotatable bonds is 8. The maximum atomic E-state index is 12.6. The van der Waals surface area contributed by atoms with Crippen LogP contribution in [0, 0.1) is 11.8 Å². The summed E-state index contributed by atoms with van der Waals surface area (Å²) in [5.74, 6) is -2.81. The van der Waals surface area contributed by atoms with Crippen LogP contribution in [-0.2, 0) is 35.4 Å². The molecule has 0 bridgehead atoms. The van der Waals surface area contributed by atoms with Gasteiger partial charge in [0.2, 0.25) is 0 Å². The predicted octanol–water partition coefficient (Wildman–Crippen LogP) is 2.93. The number of alkyl carbamates (subject to hydrolysis) is 1. The first-order valence-electron chi connectivity index (χ1n) is 8.96. The van der Waals surface area contributed by atoms with Crippen LogP contribution in [0.2, 0.25) is 0 Å².